The standard InChI is InChI=1S/C22H22N2O7/c1-21(30)10-5-4-6-13(25)14(10)18(27)15-11(21)7-12-16(24(2)3)17(26)9(8-23)19(28)22(12,31)20(15)29/h4-6,11-12,16,25,27-28,30-31H,7H2,1-3H3/t11?,12?,16?,21-,22-/m1/s1. The molecule has 4 rings (SSSR count). The fourth-order valence-electron chi connectivity index (χ4n) is 5.37. The van der Waals surface area contributed by atoms with Gasteiger partial charge >= 0.3 is 0 Å². The van der Waals surface area contributed by atoms with Gasteiger partial charge in [0.25, 0.3) is 0 Å². The molecule has 31 heavy (non-hydrogen) atoms. The third-order valence-electron chi connectivity index (χ3n) is 6.89. The minimum Gasteiger partial charge on any atom is -0.507 e. The lowest BCUT2D eigenvalue weighted by molar-refractivity contribution is -0.158. The van der Waals surface area contributed by atoms with Crippen LogP contribution in [0.25, 0.3) is 5.76 Å². The topological polar surface area (TPSA) is 162 Å². The number of hydrogen-bond donors (Lipinski definition) is 5. The van der Waals surface area contributed by atoms with Gasteiger partial charge in [0.15, 0.2) is 17.1 Å². The third kappa shape index (κ3) is 2.41. The summed E-state index contributed by atoms with van der Waals surface area (Å²) < 4.78 is 0. The van der Waals surface area contributed by atoms with Crippen molar-refractivity contribution in [3.63, 3.8) is 0 Å². The molecule has 0 spiro atoms. The first-order valence-electron chi connectivity index (χ1n) is 9.70. The number of phenols is 1. The van der Waals surface area contributed by atoms with Crippen LogP contribution in [0, 0.1) is 23.2 Å². The summed E-state index contributed by atoms with van der Waals surface area (Å²) in [7, 11) is 3.08. The van der Waals surface area contributed by atoms with E-state index in [4.69, 9.17) is 0 Å². The molecule has 1 aromatic rings. The SMILES string of the molecule is CN(C)C1C(=O)C(C#N)=C(O)[C@@]2(O)C(=O)C3=C(O)c4c(O)cccc4[C@@](C)(O)C3CC12. The molecule has 0 heterocycles. The largest absolute Gasteiger partial charge is 0.507 e. The number of fused-ring (bicyclic) bond motifs is 3. The summed E-state index contributed by atoms with van der Waals surface area (Å²) in [6.45, 7) is 1.42. The molecule has 1 fully saturated rings. The molecule has 5 atom stereocenters. The Balaban J connectivity index is 2.05. The first-order valence-corrected chi connectivity index (χ1v) is 9.70. The number of nitrogens with zero attached hydrogens (tertiary/aromatic N) is 2. The lowest BCUT2D eigenvalue weighted by Gasteiger charge is -2.52. The molecule has 0 amide bonds. The van der Waals surface area contributed by atoms with Crippen molar-refractivity contribution in [1.82, 2.24) is 4.90 Å². The molecule has 0 saturated heterocycles. The molecule has 162 valence electrons. The number of aromatic hydroxyl groups is 1. The van der Waals surface area contributed by atoms with Crippen LogP contribution >= 0.6 is 0 Å². The molecular weight excluding hydrogens is 404 g/mol. The van der Waals surface area contributed by atoms with E-state index in [0.717, 1.165) is 0 Å². The number of ketones is 2. The van der Waals surface area contributed by atoms with Gasteiger partial charge in [-0.15, -0.1) is 0 Å². The lowest BCUT2D eigenvalue weighted by Crippen LogP contribution is -2.66. The number of aliphatic hydroxyl groups is 4. The number of phenolic OH excluding ortho intramolecular Hbond substituents is 1. The number of carbonyl (C=O) groups excluding carboxylic acids is 2. The normalized spacial score (nSPS) is 34.9. The number of carbonyl (C=O) groups is 2. The summed E-state index contributed by atoms with van der Waals surface area (Å²) in [5.41, 5.74) is -5.43. The fourth-order valence-corrected chi connectivity index (χ4v) is 5.37. The number of aliphatic hydroxyl groups excluding tert-OH is 2. The van der Waals surface area contributed by atoms with E-state index < -0.39 is 57.7 Å². The van der Waals surface area contributed by atoms with Crippen LogP contribution < -0.4 is 0 Å². The number of Topliss-reactive ketones (excluding diaryl/α,β-unsaturated/α-hetero) is 2. The predicted molar refractivity (Wildman–Crippen MR) is 107 cm³/mol. The quantitative estimate of drug-likeness (QED) is 0.434. The smallest absolute Gasteiger partial charge is 0.202 e. The summed E-state index contributed by atoms with van der Waals surface area (Å²) in [5.74, 6) is -6.13. The van der Waals surface area contributed by atoms with Crippen LogP contribution in [0.1, 0.15) is 24.5 Å². The Labute approximate surface area is 177 Å². The van der Waals surface area contributed by atoms with E-state index in [1.807, 2.05) is 0 Å². The summed E-state index contributed by atoms with van der Waals surface area (Å²) in [4.78, 5) is 27.9. The van der Waals surface area contributed by atoms with Gasteiger partial charge in [-0.3, -0.25) is 14.5 Å². The van der Waals surface area contributed by atoms with Crippen molar-refractivity contribution in [1.29, 1.82) is 5.26 Å². The second-order valence-corrected chi connectivity index (χ2v) is 8.71. The van der Waals surface area contributed by atoms with Crippen LogP contribution in [0.2, 0.25) is 0 Å². The summed E-state index contributed by atoms with van der Waals surface area (Å²) in [6.07, 6.45) is -0.152. The highest BCUT2D eigenvalue weighted by atomic mass is 16.3. The Hall–Kier alpha value is -3.19. The van der Waals surface area contributed by atoms with Gasteiger partial charge in [0, 0.05) is 17.4 Å². The van der Waals surface area contributed by atoms with Gasteiger partial charge in [0.05, 0.1) is 17.2 Å². The van der Waals surface area contributed by atoms with Crippen molar-refractivity contribution in [2.75, 3.05) is 14.1 Å². The van der Waals surface area contributed by atoms with Crippen molar-refractivity contribution >= 4 is 17.3 Å². The summed E-state index contributed by atoms with van der Waals surface area (Å²) in [6, 6.07) is 4.72. The maximum absolute atomic E-state index is 13.6. The van der Waals surface area contributed by atoms with Gasteiger partial charge in [0.1, 0.15) is 23.2 Å². The Morgan fingerprint density at radius 2 is 1.81 bits per heavy atom. The van der Waals surface area contributed by atoms with Crippen LogP contribution in [-0.2, 0) is 15.2 Å². The highest BCUT2D eigenvalue weighted by Gasteiger charge is 2.66. The highest BCUT2D eigenvalue weighted by molar-refractivity contribution is 6.15. The third-order valence-corrected chi connectivity index (χ3v) is 6.89. The molecular formula is C22H22N2O7. The van der Waals surface area contributed by atoms with Gasteiger partial charge in [0.2, 0.25) is 5.78 Å². The van der Waals surface area contributed by atoms with Gasteiger partial charge < -0.3 is 25.5 Å². The van der Waals surface area contributed by atoms with Gasteiger partial charge in [-0.25, -0.2) is 0 Å². The minimum absolute atomic E-state index is 0.144. The Kier molecular flexibility index (Phi) is 4.35. The molecule has 3 aliphatic carbocycles. The number of benzene rings is 1. The highest BCUT2D eigenvalue weighted by Crippen LogP contribution is 2.57. The van der Waals surface area contributed by atoms with E-state index in [-0.39, 0.29) is 28.9 Å². The second kappa shape index (κ2) is 6.40. The van der Waals surface area contributed by atoms with Crippen LogP contribution in [0.5, 0.6) is 5.75 Å². The van der Waals surface area contributed by atoms with E-state index in [2.05, 4.69) is 0 Å². The molecule has 1 saturated carbocycles. The lowest BCUT2D eigenvalue weighted by atomic mass is 9.54. The van der Waals surface area contributed by atoms with E-state index in [1.165, 1.54) is 30.0 Å². The molecule has 0 aromatic heterocycles. The van der Waals surface area contributed by atoms with E-state index in [1.54, 1.807) is 20.2 Å². The number of rotatable bonds is 1. The predicted octanol–water partition coefficient (Wildman–Crippen LogP) is 0.667. The zero-order chi connectivity index (χ0) is 23.0. The van der Waals surface area contributed by atoms with Crippen LogP contribution in [0.4, 0.5) is 0 Å². The van der Waals surface area contributed by atoms with Crippen LogP contribution in [0.3, 0.4) is 0 Å². The molecule has 1 aromatic carbocycles. The minimum atomic E-state index is -2.65. The van der Waals surface area contributed by atoms with Crippen molar-refractivity contribution < 1.29 is 35.1 Å². The van der Waals surface area contributed by atoms with Crippen molar-refractivity contribution in [3.05, 3.63) is 46.2 Å². The van der Waals surface area contributed by atoms with Gasteiger partial charge in [-0.1, -0.05) is 12.1 Å². The van der Waals surface area contributed by atoms with Crippen LogP contribution in [0.15, 0.2) is 35.1 Å². The maximum Gasteiger partial charge on any atom is 0.202 e. The first kappa shape index (κ1) is 21.1. The fraction of sp³-hybridized carbons (Fsp3) is 0.409. The monoisotopic (exact) mass is 426 g/mol. The Morgan fingerprint density at radius 1 is 1.16 bits per heavy atom. The molecule has 9 nitrogen and oxygen atoms in total. The summed E-state index contributed by atoms with van der Waals surface area (Å²) >= 11 is 0. The Bertz CT molecular complexity index is 1140. The average Bonchev–Trinajstić information content (AvgIpc) is 2.69. The van der Waals surface area contributed by atoms with Crippen molar-refractivity contribution in [2.45, 2.75) is 30.6 Å². The molecule has 0 bridgehead atoms. The number of nitriles is 1. The van der Waals surface area contributed by atoms with Crippen molar-refractivity contribution in [3.8, 4) is 11.8 Å². The molecule has 5 N–H and O–H groups in total. The zero-order valence-corrected chi connectivity index (χ0v) is 17.1. The number of hydrogen-bond acceptors (Lipinski definition) is 9. The van der Waals surface area contributed by atoms with Gasteiger partial charge in [-0.05, 0) is 39.1 Å². The molecule has 9 heteroatoms. The first-order chi connectivity index (χ1) is 14.4. The Morgan fingerprint density at radius 3 is 2.39 bits per heavy atom. The zero-order valence-electron chi connectivity index (χ0n) is 17.1. The van der Waals surface area contributed by atoms with E-state index in [0.29, 0.717) is 0 Å². The van der Waals surface area contributed by atoms with Crippen LogP contribution in [-0.4, -0.2) is 67.7 Å². The molecule has 0 aliphatic heterocycles. The molecule has 3 unspecified atom stereocenters. The van der Waals surface area contributed by atoms with Gasteiger partial charge in [-0.2, -0.15) is 5.26 Å². The van der Waals surface area contributed by atoms with E-state index >= 15 is 0 Å². The molecule has 0 radical (unpaired) electrons. The number of likely N-dealkylation sites (N-methyl/N-ethyl adjacent to an activating group) is 1. The maximum atomic E-state index is 13.6. The van der Waals surface area contributed by atoms with E-state index in [9.17, 15) is 40.4 Å². The molecule has 3 aliphatic rings. The van der Waals surface area contributed by atoms with Crippen molar-refractivity contribution in [2.24, 2.45) is 11.8 Å². The average molecular weight is 426 g/mol. The summed E-state index contributed by atoms with van der Waals surface area (Å²) in [5, 5.41) is 64.1. The second-order valence-electron chi connectivity index (χ2n) is 8.71.